The molecule has 0 heterocycles. The van der Waals surface area contributed by atoms with Crippen LogP contribution in [0.1, 0.15) is 104 Å². The van der Waals surface area contributed by atoms with Crippen molar-refractivity contribution < 1.29 is 24.3 Å². The van der Waals surface area contributed by atoms with Crippen LogP contribution in [0.25, 0.3) is 0 Å². The van der Waals surface area contributed by atoms with E-state index in [1.165, 1.54) is 55.9 Å². The molecule has 2 aromatic carbocycles. The van der Waals surface area contributed by atoms with Gasteiger partial charge < -0.3 is 10.8 Å². The molecule has 37 heavy (non-hydrogen) atoms. The number of carbonyl (C=O) groups excluding carboxylic acids is 3. The fourth-order valence-electron chi connectivity index (χ4n) is 4.13. The summed E-state index contributed by atoms with van der Waals surface area (Å²) in [6.45, 7) is 2.23. The summed E-state index contributed by atoms with van der Waals surface area (Å²) in [7, 11) is 0. The number of benzene rings is 2. The van der Waals surface area contributed by atoms with Gasteiger partial charge in [-0.05, 0) is 42.5 Å². The van der Waals surface area contributed by atoms with Crippen molar-refractivity contribution in [3.63, 3.8) is 0 Å². The SMILES string of the molecule is CCCCCCCCCc1ccc(C(Sc2ccc(C(=O)CC(N)=O)cc2)C(=O)CCCC(=O)O)cc1. The van der Waals surface area contributed by atoms with Gasteiger partial charge in [0, 0.05) is 23.3 Å². The number of unbranched alkanes of at least 4 members (excludes halogenated alkanes) is 6. The van der Waals surface area contributed by atoms with Crippen molar-refractivity contribution in [3.05, 3.63) is 65.2 Å². The lowest BCUT2D eigenvalue weighted by molar-refractivity contribution is -0.137. The molecule has 3 N–H and O–H groups in total. The van der Waals surface area contributed by atoms with Crippen LogP contribution < -0.4 is 5.73 Å². The van der Waals surface area contributed by atoms with Crippen LogP contribution in [0.15, 0.2) is 53.4 Å². The standard InChI is InChI=1S/C30H39NO5S/c1-2-3-4-5-6-7-8-10-22-13-15-24(16-14-22)30(26(32)11-9-12-29(35)36)37-25-19-17-23(18-20-25)27(33)21-28(31)34/h13-20,30H,2-12,21H2,1H3,(H2,31,34)(H,35,36). The minimum atomic E-state index is -0.914. The highest BCUT2D eigenvalue weighted by molar-refractivity contribution is 8.00. The maximum atomic E-state index is 13.1. The molecule has 6 nitrogen and oxygen atoms in total. The van der Waals surface area contributed by atoms with Gasteiger partial charge in [0.25, 0.3) is 0 Å². The van der Waals surface area contributed by atoms with Gasteiger partial charge in [-0.1, -0.05) is 81.8 Å². The van der Waals surface area contributed by atoms with Gasteiger partial charge in [0.1, 0.15) is 0 Å². The van der Waals surface area contributed by atoms with E-state index < -0.39 is 17.1 Å². The third-order valence-electron chi connectivity index (χ3n) is 6.22. The molecular formula is C30H39NO5S. The van der Waals surface area contributed by atoms with Crippen molar-refractivity contribution in [2.24, 2.45) is 5.73 Å². The molecule has 0 fully saturated rings. The summed E-state index contributed by atoms with van der Waals surface area (Å²) in [6.07, 6.45) is 9.94. The zero-order valence-corrected chi connectivity index (χ0v) is 22.6. The number of Topliss-reactive ketones (excluding diaryl/α,β-unsaturated/α-hetero) is 2. The number of primary amides is 1. The van der Waals surface area contributed by atoms with Crippen LogP contribution in [0.2, 0.25) is 0 Å². The van der Waals surface area contributed by atoms with Crippen LogP contribution in [0, 0.1) is 0 Å². The Kier molecular flexibility index (Phi) is 13.7. The van der Waals surface area contributed by atoms with E-state index in [2.05, 4.69) is 19.1 Å². The monoisotopic (exact) mass is 525 g/mol. The van der Waals surface area contributed by atoms with Gasteiger partial charge in [-0.15, -0.1) is 11.8 Å². The van der Waals surface area contributed by atoms with Gasteiger partial charge in [-0.3, -0.25) is 19.2 Å². The summed E-state index contributed by atoms with van der Waals surface area (Å²) in [5.74, 6) is -1.96. The Bertz CT molecular complexity index is 1020. The quantitative estimate of drug-likeness (QED) is 0.0913. The van der Waals surface area contributed by atoms with Crippen molar-refractivity contribution in [2.75, 3.05) is 0 Å². The zero-order chi connectivity index (χ0) is 27.0. The van der Waals surface area contributed by atoms with Crippen LogP contribution in [-0.4, -0.2) is 28.5 Å². The largest absolute Gasteiger partial charge is 0.481 e. The molecule has 0 spiro atoms. The zero-order valence-electron chi connectivity index (χ0n) is 21.7. The molecule has 7 heteroatoms. The predicted octanol–water partition coefficient (Wildman–Crippen LogP) is 6.70. The first kappa shape index (κ1) is 30.3. The topological polar surface area (TPSA) is 115 Å². The maximum absolute atomic E-state index is 13.1. The average Bonchev–Trinajstić information content (AvgIpc) is 2.87. The summed E-state index contributed by atoms with van der Waals surface area (Å²) in [5, 5.41) is 8.46. The Balaban J connectivity index is 2.05. The average molecular weight is 526 g/mol. The normalized spacial score (nSPS) is 11.7. The summed E-state index contributed by atoms with van der Waals surface area (Å²) >= 11 is 1.38. The molecule has 1 amide bonds. The van der Waals surface area contributed by atoms with Gasteiger partial charge in [-0.2, -0.15) is 0 Å². The molecular weight excluding hydrogens is 486 g/mol. The Hall–Kier alpha value is -2.93. The van der Waals surface area contributed by atoms with E-state index in [-0.39, 0.29) is 30.8 Å². The number of hydrogen-bond acceptors (Lipinski definition) is 5. The second-order valence-electron chi connectivity index (χ2n) is 9.42. The number of hydrogen-bond donors (Lipinski definition) is 2. The molecule has 2 aromatic rings. The van der Waals surface area contributed by atoms with Crippen LogP contribution >= 0.6 is 11.8 Å². The number of amides is 1. The number of carboxylic acids is 1. The van der Waals surface area contributed by atoms with Crippen molar-refractivity contribution in [2.45, 2.75) is 94.1 Å². The Morgan fingerprint density at radius 2 is 1.43 bits per heavy atom. The fraction of sp³-hybridized carbons (Fsp3) is 0.467. The number of ketones is 2. The van der Waals surface area contributed by atoms with E-state index >= 15 is 0 Å². The van der Waals surface area contributed by atoms with E-state index in [4.69, 9.17) is 10.8 Å². The number of carbonyl (C=O) groups is 4. The van der Waals surface area contributed by atoms with Gasteiger partial charge in [-0.25, -0.2) is 0 Å². The van der Waals surface area contributed by atoms with Crippen LogP contribution in [-0.2, 0) is 20.8 Å². The predicted molar refractivity (Wildman–Crippen MR) is 148 cm³/mol. The first-order chi connectivity index (χ1) is 17.8. The molecule has 0 aromatic heterocycles. The van der Waals surface area contributed by atoms with E-state index in [0.29, 0.717) is 12.0 Å². The fourth-order valence-corrected chi connectivity index (χ4v) is 5.23. The molecule has 0 bridgehead atoms. The minimum absolute atomic E-state index is 0.0278. The summed E-state index contributed by atoms with van der Waals surface area (Å²) in [4.78, 5) is 47.9. The second kappa shape index (κ2) is 16.7. The Morgan fingerprint density at radius 3 is 2.03 bits per heavy atom. The third kappa shape index (κ3) is 11.8. The molecule has 0 aliphatic rings. The maximum Gasteiger partial charge on any atom is 0.303 e. The molecule has 0 saturated heterocycles. The van der Waals surface area contributed by atoms with Crippen molar-refractivity contribution in [3.8, 4) is 0 Å². The van der Waals surface area contributed by atoms with Gasteiger partial charge >= 0.3 is 5.97 Å². The van der Waals surface area contributed by atoms with Crippen molar-refractivity contribution in [1.29, 1.82) is 0 Å². The molecule has 2 rings (SSSR count). The number of aryl methyl sites for hydroxylation is 1. The second-order valence-corrected chi connectivity index (χ2v) is 10.6. The molecule has 200 valence electrons. The van der Waals surface area contributed by atoms with Gasteiger partial charge in [0.15, 0.2) is 11.6 Å². The van der Waals surface area contributed by atoms with Gasteiger partial charge in [0.05, 0.1) is 11.7 Å². The van der Waals surface area contributed by atoms with Crippen LogP contribution in [0.5, 0.6) is 0 Å². The summed E-state index contributed by atoms with van der Waals surface area (Å²) in [5.41, 5.74) is 7.63. The number of aliphatic carboxylic acids is 1. The number of thioether (sulfide) groups is 1. The number of carboxylic acid groups (broad SMARTS) is 1. The van der Waals surface area contributed by atoms with Crippen LogP contribution in [0.3, 0.4) is 0 Å². The Morgan fingerprint density at radius 1 is 0.811 bits per heavy atom. The first-order valence-corrected chi connectivity index (χ1v) is 14.1. The highest BCUT2D eigenvalue weighted by Gasteiger charge is 2.22. The lowest BCUT2D eigenvalue weighted by atomic mass is 10.00. The number of nitrogens with two attached hydrogens (primary N) is 1. The summed E-state index contributed by atoms with van der Waals surface area (Å²) in [6, 6.07) is 14.9. The molecule has 0 aliphatic heterocycles. The molecule has 0 saturated carbocycles. The van der Waals surface area contributed by atoms with Crippen molar-refractivity contribution >= 4 is 35.2 Å². The van der Waals surface area contributed by atoms with E-state index in [1.54, 1.807) is 24.3 Å². The highest BCUT2D eigenvalue weighted by atomic mass is 32.2. The first-order valence-electron chi connectivity index (χ1n) is 13.2. The third-order valence-corrected chi connectivity index (χ3v) is 7.54. The molecule has 0 aliphatic carbocycles. The molecule has 0 radical (unpaired) electrons. The number of rotatable bonds is 19. The minimum Gasteiger partial charge on any atom is -0.481 e. The highest BCUT2D eigenvalue weighted by Crippen LogP contribution is 2.37. The molecule has 1 atom stereocenters. The van der Waals surface area contributed by atoms with Gasteiger partial charge in [0.2, 0.25) is 5.91 Å². The smallest absolute Gasteiger partial charge is 0.303 e. The lowest BCUT2D eigenvalue weighted by Crippen LogP contribution is -2.16. The van der Waals surface area contributed by atoms with E-state index in [1.807, 2.05) is 12.1 Å². The van der Waals surface area contributed by atoms with Crippen molar-refractivity contribution in [1.82, 2.24) is 0 Å². The van der Waals surface area contributed by atoms with Crippen LogP contribution in [0.4, 0.5) is 0 Å². The Labute approximate surface area is 224 Å². The lowest BCUT2D eigenvalue weighted by Gasteiger charge is -2.17. The van der Waals surface area contributed by atoms with E-state index in [9.17, 15) is 19.2 Å². The van der Waals surface area contributed by atoms with E-state index in [0.717, 1.165) is 23.3 Å². The molecule has 1 unspecified atom stereocenters. The summed E-state index contributed by atoms with van der Waals surface area (Å²) < 4.78 is 0.